The molecule has 1 atom stereocenters. The van der Waals surface area contributed by atoms with Gasteiger partial charge in [0.25, 0.3) is 5.56 Å². The number of aromatic nitrogens is 1. The van der Waals surface area contributed by atoms with E-state index in [-0.39, 0.29) is 17.6 Å². The molecule has 5 aromatic rings. The first-order chi connectivity index (χ1) is 20.5. The van der Waals surface area contributed by atoms with Crippen molar-refractivity contribution in [1.82, 2.24) is 4.57 Å². The van der Waals surface area contributed by atoms with Crippen molar-refractivity contribution in [2.24, 2.45) is 4.99 Å². The van der Waals surface area contributed by atoms with Crippen molar-refractivity contribution >= 4 is 45.0 Å². The molecule has 0 radical (unpaired) electrons. The van der Waals surface area contributed by atoms with Crippen LogP contribution in [0.1, 0.15) is 52.2 Å². The first-order valence-corrected chi connectivity index (χ1v) is 15.4. The summed E-state index contributed by atoms with van der Waals surface area (Å²) in [4.78, 5) is 32.0. The molecule has 0 spiro atoms. The van der Waals surface area contributed by atoms with Gasteiger partial charge in [-0.2, -0.15) is 0 Å². The summed E-state index contributed by atoms with van der Waals surface area (Å²) in [5.41, 5.74) is 6.72. The number of allylic oxidation sites excluding steroid dienone is 1. The fourth-order valence-corrected chi connectivity index (χ4v) is 6.94. The van der Waals surface area contributed by atoms with Crippen LogP contribution in [0.5, 0.6) is 0 Å². The molecule has 1 aliphatic carbocycles. The summed E-state index contributed by atoms with van der Waals surface area (Å²) in [6, 6.07) is 27.2. The number of hydrogen-bond acceptors (Lipinski definition) is 6. The maximum Gasteiger partial charge on any atom is 0.338 e. The maximum atomic E-state index is 14.0. The second kappa shape index (κ2) is 10.9. The van der Waals surface area contributed by atoms with Crippen LogP contribution in [-0.2, 0) is 11.2 Å². The normalized spacial score (nSPS) is 16.0. The number of carbonyl (C=O) groups is 1. The zero-order valence-corrected chi connectivity index (χ0v) is 25.1. The second-order valence-corrected chi connectivity index (χ2v) is 12.1. The predicted molar refractivity (Wildman–Crippen MR) is 167 cm³/mol. The Kier molecular flexibility index (Phi) is 6.88. The number of carbonyl (C=O) groups excluding carboxylic acids is 1. The highest BCUT2D eigenvalue weighted by molar-refractivity contribution is 9.10. The number of rotatable bonds is 5. The molecule has 6 nitrogen and oxygen atoms in total. The topological polar surface area (TPSA) is 73.8 Å². The molecule has 1 aliphatic heterocycles. The van der Waals surface area contributed by atoms with Crippen LogP contribution < -0.4 is 14.9 Å². The van der Waals surface area contributed by atoms with Crippen LogP contribution in [0.2, 0.25) is 0 Å². The Morgan fingerprint density at radius 2 is 1.90 bits per heavy atom. The largest absolute Gasteiger partial charge is 0.462 e. The smallest absolute Gasteiger partial charge is 0.338 e. The summed E-state index contributed by atoms with van der Waals surface area (Å²) in [5, 5.41) is 0. The van der Waals surface area contributed by atoms with E-state index < -0.39 is 0 Å². The van der Waals surface area contributed by atoms with Crippen LogP contribution in [0.3, 0.4) is 0 Å². The minimum absolute atomic E-state index is 0.0978. The van der Waals surface area contributed by atoms with Gasteiger partial charge in [-0.1, -0.05) is 75.8 Å². The number of fused-ring (bicyclic) bond motifs is 3. The van der Waals surface area contributed by atoms with Crippen molar-refractivity contribution in [3.8, 4) is 11.3 Å². The van der Waals surface area contributed by atoms with E-state index >= 15 is 0 Å². The van der Waals surface area contributed by atoms with Crippen LogP contribution in [-0.4, -0.2) is 17.1 Å². The molecule has 208 valence electrons. The van der Waals surface area contributed by atoms with Gasteiger partial charge < -0.3 is 9.15 Å². The Morgan fingerprint density at radius 1 is 1.07 bits per heavy atom. The summed E-state index contributed by atoms with van der Waals surface area (Å²) in [6.45, 7) is 2.09. The Balaban J connectivity index is 1.33. The second-order valence-electron chi connectivity index (χ2n) is 10.2. The fourth-order valence-electron chi connectivity index (χ4n) is 5.70. The highest BCUT2D eigenvalue weighted by Crippen LogP contribution is 2.41. The molecule has 0 amide bonds. The number of benzene rings is 3. The van der Waals surface area contributed by atoms with E-state index in [1.165, 1.54) is 16.9 Å². The lowest BCUT2D eigenvalue weighted by atomic mass is 9.83. The van der Waals surface area contributed by atoms with Crippen molar-refractivity contribution in [2.45, 2.75) is 25.8 Å². The Morgan fingerprint density at radius 3 is 2.74 bits per heavy atom. The molecule has 0 bridgehead atoms. The minimum atomic E-state index is -0.377. The molecule has 3 aromatic carbocycles. The fraction of sp³-hybridized carbons (Fsp3) is 0.147. The minimum Gasteiger partial charge on any atom is -0.462 e. The number of esters is 1. The zero-order chi connectivity index (χ0) is 28.8. The van der Waals surface area contributed by atoms with Crippen LogP contribution in [0.25, 0.3) is 23.1 Å². The lowest BCUT2D eigenvalue weighted by Gasteiger charge is -2.30. The molecule has 0 fully saturated rings. The number of halogens is 1. The van der Waals surface area contributed by atoms with Crippen molar-refractivity contribution in [1.29, 1.82) is 0 Å². The van der Waals surface area contributed by atoms with E-state index in [1.807, 2.05) is 41.0 Å². The third-order valence-corrected chi connectivity index (χ3v) is 9.13. The summed E-state index contributed by atoms with van der Waals surface area (Å²) in [5.74, 6) is 0.768. The molecule has 8 heteroatoms. The van der Waals surface area contributed by atoms with Crippen molar-refractivity contribution in [2.75, 3.05) is 6.61 Å². The molecule has 2 aliphatic rings. The predicted octanol–water partition coefficient (Wildman–Crippen LogP) is 6.52. The van der Waals surface area contributed by atoms with Gasteiger partial charge in [0.05, 0.1) is 28.4 Å². The van der Waals surface area contributed by atoms with Gasteiger partial charge >= 0.3 is 5.97 Å². The van der Waals surface area contributed by atoms with Gasteiger partial charge in [-0.3, -0.25) is 9.36 Å². The third kappa shape index (κ3) is 4.70. The third-order valence-electron chi connectivity index (χ3n) is 7.62. The number of ether oxygens (including phenoxy) is 1. The lowest BCUT2D eigenvalue weighted by Crippen LogP contribution is -2.38. The highest BCUT2D eigenvalue weighted by Gasteiger charge is 2.32. The monoisotopic (exact) mass is 636 g/mol. The molecule has 3 heterocycles. The van der Waals surface area contributed by atoms with Gasteiger partial charge in [-0.15, -0.1) is 0 Å². The van der Waals surface area contributed by atoms with Gasteiger partial charge in [0, 0.05) is 21.7 Å². The summed E-state index contributed by atoms with van der Waals surface area (Å²) >= 11 is 4.92. The Bertz CT molecular complexity index is 2070. The average Bonchev–Trinajstić information content (AvgIpc) is 3.61. The van der Waals surface area contributed by atoms with Gasteiger partial charge in [-0.25, -0.2) is 9.79 Å². The SMILES string of the molecule is CCOC(=O)c1cccc(-c2ccc(/C=c3\sc4n(c3=O)[C@H](c3ccc(Br)cc3)C3=C(N=4)c4ccccc4CC3)o2)c1. The van der Waals surface area contributed by atoms with Crippen molar-refractivity contribution in [3.63, 3.8) is 0 Å². The number of hydrogen-bond donors (Lipinski definition) is 0. The molecule has 7 rings (SSSR count). The molecule has 0 unspecified atom stereocenters. The van der Waals surface area contributed by atoms with Gasteiger partial charge in [0.2, 0.25) is 0 Å². The quantitative estimate of drug-likeness (QED) is 0.206. The molecular weight excluding hydrogens is 612 g/mol. The highest BCUT2D eigenvalue weighted by atomic mass is 79.9. The summed E-state index contributed by atoms with van der Waals surface area (Å²) in [6.07, 6.45) is 3.53. The lowest BCUT2D eigenvalue weighted by molar-refractivity contribution is 0.0526. The molecule has 42 heavy (non-hydrogen) atoms. The van der Waals surface area contributed by atoms with Crippen LogP contribution in [0.4, 0.5) is 0 Å². The van der Waals surface area contributed by atoms with E-state index in [0.29, 0.717) is 33.0 Å². The standard InChI is InChI=1S/C34H25BrN2O4S/c1-2-40-33(39)23-8-5-7-22(18-23)28-17-15-25(41-28)19-29-32(38)37-31(21-10-13-24(35)14-11-21)27-16-12-20-6-3-4-9-26(20)30(27)36-34(37)42-29/h3-11,13-15,17-19,31H,2,12,16H2,1H3/b29-19-/t31-/m1/s1. The summed E-state index contributed by atoms with van der Waals surface area (Å²) < 4.78 is 14.6. The van der Waals surface area contributed by atoms with E-state index in [4.69, 9.17) is 14.1 Å². The van der Waals surface area contributed by atoms with Gasteiger partial charge in [0.1, 0.15) is 11.5 Å². The van der Waals surface area contributed by atoms with E-state index in [0.717, 1.165) is 45.3 Å². The van der Waals surface area contributed by atoms with Crippen molar-refractivity contribution in [3.05, 3.63) is 143 Å². The first kappa shape index (κ1) is 26.6. The van der Waals surface area contributed by atoms with Crippen LogP contribution in [0.15, 0.2) is 109 Å². The number of thiazole rings is 1. The number of aryl methyl sites for hydroxylation is 1. The Labute approximate surface area is 254 Å². The van der Waals surface area contributed by atoms with Gasteiger partial charge in [0.15, 0.2) is 4.80 Å². The number of furan rings is 1. The number of nitrogens with zero attached hydrogens (tertiary/aromatic N) is 2. The van der Waals surface area contributed by atoms with E-state index in [1.54, 1.807) is 31.2 Å². The Hall–Kier alpha value is -4.27. The van der Waals surface area contributed by atoms with Crippen LogP contribution >= 0.6 is 27.3 Å². The summed E-state index contributed by atoms with van der Waals surface area (Å²) in [7, 11) is 0. The molecule has 0 saturated heterocycles. The first-order valence-electron chi connectivity index (χ1n) is 13.8. The molecular formula is C34H25BrN2O4S. The average molecular weight is 638 g/mol. The van der Waals surface area contributed by atoms with Crippen molar-refractivity contribution < 1.29 is 13.9 Å². The zero-order valence-electron chi connectivity index (χ0n) is 22.7. The van der Waals surface area contributed by atoms with E-state index in [2.05, 4.69) is 46.3 Å². The molecule has 2 aromatic heterocycles. The maximum absolute atomic E-state index is 14.0. The van der Waals surface area contributed by atoms with Crippen LogP contribution in [0, 0.1) is 0 Å². The molecule has 0 saturated carbocycles. The molecule has 0 N–H and O–H groups in total. The van der Waals surface area contributed by atoms with E-state index in [9.17, 15) is 9.59 Å². The van der Waals surface area contributed by atoms with Gasteiger partial charge in [-0.05, 0) is 72.9 Å².